The Morgan fingerprint density at radius 2 is 1.89 bits per heavy atom. The van der Waals surface area contributed by atoms with Crippen molar-refractivity contribution in [3.05, 3.63) is 0 Å². The predicted octanol–water partition coefficient (Wildman–Crippen LogP) is -0.476. The highest BCUT2D eigenvalue weighted by Crippen LogP contribution is 2.15. The van der Waals surface area contributed by atoms with Crippen molar-refractivity contribution >= 4 is 10.2 Å². The number of halogens is 2. The van der Waals surface area contributed by atoms with Gasteiger partial charge in [-0.15, -0.1) is 0 Å². The summed E-state index contributed by atoms with van der Waals surface area (Å²) in [5.41, 5.74) is 4.84. The Morgan fingerprint density at radius 1 is 1.39 bits per heavy atom. The average Bonchev–Trinajstić information content (AvgIpc) is 2.25. The first-order valence-electron chi connectivity index (χ1n) is 5.64. The van der Waals surface area contributed by atoms with Crippen LogP contribution in [0.5, 0.6) is 0 Å². The fourth-order valence-corrected chi connectivity index (χ4v) is 3.08. The fourth-order valence-electron chi connectivity index (χ4n) is 1.69. The summed E-state index contributed by atoms with van der Waals surface area (Å²) in [6.07, 6.45) is -0.527. The quantitative estimate of drug-likeness (QED) is 0.715. The zero-order valence-electron chi connectivity index (χ0n) is 10.4. The number of hydrogen-bond acceptors (Lipinski definition) is 4. The molecular formula is C9H19F2N3O3S. The van der Waals surface area contributed by atoms with Crippen molar-refractivity contribution < 1.29 is 21.9 Å². The first-order valence-corrected chi connectivity index (χ1v) is 7.08. The Morgan fingerprint density at radius 3 is 2.33 bits per heavy atom. The lowest BCUT2D eigenvalue weighted by Gasteiger charge is -2.34. The van der Waals surface area contributed by atoms with Gasteiger partial charge in [-0.05, 0) is 13.8 Å². The summed E-state index contributed by atoms with van der Waals surface area (Å²) in [4.78, 5) is 0. The summed E-state index contributed by atoms with van der Waals surface area (Å²) >= 11 is 0. The minimum Gasteiger partial charge on any atom is -0.373 e. The molecule has 0 amide bonds. The molecule has 0 aromatic rings. The molecule has 0 radical (unpaired) electrons. The van der Waals surface area contributed by atoms with Crippen molar-refractivity contribution in [2.24, 2.45) is 5.73 Å². The molecule has 6 nitrogen and oxygen atoms in total. The van der Waals surface area contributed by atoms with Crippen molar-refractivity contribution in [1.82, 2.24) is 9.03 Å². The van der Waals surface area contributed by atoms with Gasteiger partial charge >= 0.3 is 0 Å². The zero-order valence-corrected chi connectivity index (χ0v) is 11.2. The third-order valence-electron chi connectivity index (χ3n) is 2.54. The molecule has 0 aromatic heterocycles. The Kier molecular flexibility index (Phi) is 5.01. The Labute approximate surface area is 106 Å². The molecule has 0 bridgehead atoms. The van der Waals surface area contributed by atoms with Crippen LogP contribution in [0.2, 0.25) is 0 Å². The smallest absolute Gasteiger partial charge is 0.279 e. The van der Waals surface area contributed by atoms with Crippen LogP contribution in [0.3, 0.4) is 0 Å². The Bertz CT molecular complexity index is 367. The fraction of sp³-hybridized carbons (Fsp3) is 1.00. The number of nitrogens with one attached hydrogen (secondary N) is 1. The van der Waals surface area contributed by atoms with Gasteiger partial charge < -0.3 is 10.5 Å². The summed E-state index contributed by atoms with van der Waals surface area (Å²) in [5.74, 6) is -3.24. The van der Waals surface area contributed by atoms with Crippen molar-refractivity contribution in [3.63, 3.8) is 0 Å². The maximum absolute atomic E-state index is 12.9. The van der Waals surface area contributed by atoms with Gasteiger partial charge in [0.1, 0.15) is 0 Å². The molecular weight excluding hydrogens is 268 g/mol. The van der Waals surface area contributed by atoms with Crippen LogP contribution in [-0.2, 0) is 14.9 Å². The van der Waals surface area contributed by atoms with Gasteiger partial charge in [0.15, 0.2) is 0 Å². The SMILES string of the molecule is CC1CN(S(=O)(=O)NCC(F)(F)CN)CC(C)O1. The molecule has 9 heteroatoms. The average molecular weight is 287 g/mol. The number of hydrogen-bond donors (Lipinski definition) is 2. The lowest BCUT2D eigenvalue weighted by molar-refractivity contribution is -0.0447. The van der Waals surface area contributed by atoms with E-state index in [1.165, 1.54) is 0 Å². The highest BCUT2D eigenvalue weighted by Gasteiger charge is 2.34. The molecule has 108 valence electrons. The highest BCUT2D eigenvalue weighted by atomic mass is 32.2. The van der Waals surface area contributed by atoms with Crippen LogP contribution in [0.1, 0.15) is 13.8 Å². The second-order valence-corrected chi connectivity index (χ2v) is 6.22. The summed E-state index contributed by atoms with van der Waals surface area (Å²) in [5, 5.41) is 0. The zero-order chi connectivity index (χ0) is 14.0. The van der Waals surface area contributed by atoms with Gasteiger partial charge in [-0.3, -0.25) is 0 Å². The third-order valence-corrected chi connectivity index (χ3v) is 4.02. The van der Waals surface area contributed by atoms with E-state index in [0.29, 0.717) is 0 Å². The Balaban J connectivity index is 2.63. The molecule has 1 saturated heterocycles. The van der Waals surface area contributed by atoms with Crippen LogP contribution >= 0.6 is 0 Å². The van der Waals surface area contributed by atoms with Crippen LogP contribution in [0.4, 0.5) is 8.78 Å². The molecule has 2 unspecified atom stereocenters. The largest absolute Gasteiger partial charge is 0.373 e. The van der Waals surface area contributed by atoms with Gasteiger partial charge in [0.2, 0.25) is 0 Å². The lowest BCUT2D eigenvalue weighted by Crippen LogP contribution is -2.54. The molecule has 18 heavy (non-hydrogen) atoms. The molecule has 1 aliphatic heterocycles. The van der Waals surface area contributed by atoms with Crippen molar-refractivity contribution in [2.45, 2.75) is 32.0 Å². The Hall–Kier alpha value is -0.350. The number of rotatable bonds is 5. The summed E-state index contributed by atoms with van der Waals surface area (Å²) in [7, 11) is -3.92. The number of morpholine rings is 1. The minimum atomic E-state index is -3.92. The van der Waals surface area contributed by atoms with Gasteiger partial charge in [0.05, 0.1) is 25.3 Å². The van der Waals surface area contributed by atoms with Gasteiger partial charge in [0.25, 0.3) is 16.1 Å². The molecule has 0 aromatic carbocycles. The normalized spacial score (nSPS) is 27.4. The maximum atomic E-state index is 12.9. The van der Waals surface area contributed by atoms with Gasteiger partial charge in [-0.25, -0.2) is 8.78 Å². The first-order chi connectivity index (χ1) is 8.16. The monoisotopic (exact) mass is 287 g/mol. The van der Waals surface area contributed by atoms with Gasteiger partial charge in [-0.1, -0.05) is 0 Å². The van der Waals surface area contributed by atoms with E-state index < -0.39 is 29.2 Å². The van der Waals surface area contributed by atoms with Crippen LogP contribution in [0.15, 0.2) is 0 Å². The number of nitrogens with zero attached hydrogens (tertiary/aromatic N) is 1. The van der Waals surface area contributed by atoms with E-state index in [0.717, 1.165) is 4.31 Å². The second-order valence-electron chi connectivity index (χ2n) is 4.46. The first kappa shape index (κ1) is 15.7. The molecule has 0 aliphatic carbocycles. The third kappa shape index (κ3) is 4.39. The highest BCUT2D eigenvalue weighted by molar-refractivity contribution is 7.87. The topological polar surface area (TPSA) is 84.7 Å². The molecule has 1 fully saturated rings. The molecule has 1 rings (SSSR count). The number of alkyl halides is 2. The molecule has 1 heterocycles. The molecule has 3 N–H and O–H groups in total. The van der Waals surface area contributed by atoms with Crippen molar-refractivity contribution in [1.29, 1.82) is 0 Å². The van der Waals surface area contributed by atoms with Gasteiger partial charge in [-0.2, -0.15) is 17.4 Å². The maximum Gasteiger partial charge on any atom is 0.279 e. The lowest BCUT2D eigenvalue weighted by atomic mass is 10.3. The summed E-state index contributed by atoms with van der Waals surface area (Å²) in [6.45, 7) is 1.86. The van der Waals surface area contributed by atoms with E-state index in [1.807, 2.05) is 4.72 Å². The van der Waals surface area contributed by atoms with E-state index in [1.54, 1.807) is 13.8 Å². The van der Waals surface area contributed by atoms with E-state index in [4.69, 9.17) is 10.5 Å². The molecule has 0 spiro atoms. The molecule has 0 saturated carbocycles. The summed E-state index contributed by atoms with van der Waals surface area (Å²) < 4.78 is 57.8. The van der Waals surface area contributed by atoms with Crippen molar-refractivity contribution in [3.8, 4) is 0 Å². The van der Waals surface area contributed by atoms with E-state index in [9.17, 15) is 17.2 Å². The van der Waals surface area contributed by atoms with E-state index in [-0.39, 0.29) is 25.3 Å². The van der Waals surface area contributed by atoms with E-state index in [2.05, 4.69) is 0 Å². The standard InChI is InChI=1S/C9H19F2N3O3S/c1-7-3-14(4-8(2)17-7)18(15,16)13-6-9(10,11)5-12/h7-8,13H,3-6,12H2,1-2H3. The van der Waals surface area contributed by atoms with Crippen LogP contribution in [-0.4, -0.2) is 57.0 Å². The van der Waals surface area contributed by atoms with Crippen molar-refractivity contribution in [2.75, 3.05) is 26.2 Å². The minimum absolute atomic E-state index is 0.147. The van der Waals surface area contributed by atoms with Crippen LogP contribution < -0.4 is 10.5 Å². The number of nitrogens with two attached hydrogens (primary N) is 1. The number of ether oxygens (including phenoxy) is 1. The summed E-state index contributed by atoms with van der Waals surface area (Å²) in [6, 6.07) is 0. The predicted molar refractivity (Wildman–Crippen MR) is 62.5 cm³/mol. The van der Waals surface area contributed by atoms with Crippen LogP contribution in [0, 0.1) is 0 Å². The van der Waals surface area contributed by atoms with Crippen LogP contribution in [0.25, 0.3) is 0 Å². The van der Waals surface area contributed by atoms with Gasteiger partial charge in [0, 0.05) is 13.1 Å². The van der Waals surface area contributed by atoms with E-state index >= 15 is 0 Å². The second kappa shape index (κ2) is 5.74. The molecule has 2 atom stereocenters. The molecule has 1 aliphatic rings.